The largest absolute Gasteiger partial charge is 0.352 e. The number of likely N-dealkylation sites (tertiary alicyclic amines) is 1. The number of carbonyl (C=O) groups excluding carboxylic acids is 2. The van der Waals surface area contributed by atoms with Gasteiger partial charge in [-0.15, -0.1) is 0 Å². The Bertz CT molecular complexity index is 1440. The van der Waals surface area contributed by atoms with Crippen molar-refractivity contribution in [3.8, 4) is 0 Å². The number of carbonyl (C=O) groups is 2. The second kappa shape index (κ2) is 13.8. The summed E-state index contributed by atoms with van der Waals surface area (Å²) >= 11 is 6.06. The lowest BCUT2D eigenvalue weighted by molar-refractivity contribution is -0.121. The Morgan fingerprint density at radius 1 is 0.949 bits per heavy atom. The molecule has 202 valence electrons. The third-order valence-electron chi connectivity index (χ3n) is 7.07. The van der Waals surface area contributed by atoms with Crippen LogP contribution in [0.5, 0.6) is 0 Å². The van der Waals surface area contributed by atoms with Crippen LogP contribution in [0.3, 0.4) is 0 Å². The van der Waals surface area contributed by atoms with Crippen molar-refractivity contribution in [1.29, 1.82) is 0 Å². The van der Waals surface area contributed by atoms with E-state index in [0.717, 1.165) is 41.6 Å². The van der Waals surface area contributed by atoms with Crippen LogP contribution in [-0.4, -0.2) is 46.5 Å². The summed E-state index contributed by atoms with van der Waals surface area (Å²) in [4.78, 5) is 36.1. The van der Waals surface area contributed by atoms with Gasteiger partial charge in [0.05, 0.1) is 17.6 Å². The fraction of sp³-hybridized carbons (Fsp3) is 0.290. The van der Waals surface area contributed by atoms with Gasteiger partial charge in [-0.2, -0.15) is 5.10 Å². The zero-order chi connectivity index (χ0) is 27.6. The molecule has 1 aliphatic heterocycles. The number of rotatable bonds is 9. The van der Waals surface area contributed by atoms with Crippen LogP contribution in [0.25, 0.3) is 10.8 Å². The molecular formula is C31H33ClN4O3. The van der Waals surface area contributed by atoms with Crippen molar-refractivity contribution >= 4 is 35.1 Å². The van der Waals surface area contributed by atoms with Crippen molar-refractivity contribution < 1.29 is 9.59 Å². The number of halogens is 1. The van der Waals surface area contributed by atoms with Gasteiger partial charge in [-0.25, -0.2) is 4.68 Å². The van der Waals surface area contributed by atoms with E-state index in [1.165, 1.54) is 0 Å². The van der Waals surface area contributed by atoms with Crippen molar-refractivity contribution in [2.24, 2.45) is 0 Å². The lowest BCUT2D eigenvalue weighted by Crippen LogP contribution is -2.39. The number of hydrogen-bond donors (Lipinski definition) is 1. The maximum Gasteiger partial charge on any atom is 0.274 e. The van der Waals surface area contributed by atoms with Crippen molar-refractivity contribution in [2.75, 3.05) is 13.1 Å². The van der Waals surface area contributed by atoms with Gasteiger partial charge in [-0.1, -0.05) is 72.3 Å². The number of amides is 1. The molecule has 0 spiro atoms. The molecule has 1 N–H and O–H groups in total. The molecule has 1 amide bonds. The van der Waals surface area contributed by atoms with Crippen molar-refractivity contribution in [2.45, 2.75) is 44.8 Å². The van der Waals surface area contributed by atoms with Gasteiger partial charge < -0.3 is 10.1 Å². The highest BCUT2D eigenvalue weighted by Crippen LogP contribution is 2.21. The van der Waals surface area contributed by atoms with Crippen LogP contribution in [0.4, 0.5) is 0 Å². The Kier molecular flexibility index (Phi) is 10.00. The van der Waals surface area contributed by atoms with E-state index < -0.39 is 0 Å². The highest BCUT2D eigenvalue weighted by atomic mass is 35.5. The van der Waals surface area contributed by atoms with Gasteiger partial charge in [-0.3, -0.25) is 14.5 Å². The van der Waals surface area contributed by atoms with Gasteiger partial charge in [0, 0.05) is 42.4 Å². The molecule has 1 aliphatic rings. The zero-order valence-electron chi connectivity index (χ0n) is 21.9. The summed E-state index contributed by atoms with van der Waals surface area (Å²) in [6, 6.07) is 25.5. The highest BCUT2D eigenvalue weighted by molar-refractivity contribution is 6.30. The van der Waals surface area contributed by atoms with Crippen molar-refractivity contribution in [3.05, 3.63) is 111 Å². The molecule has 0 radical (unpaired) electrons. The summed E-state index contributed by atoms with van der Waals surface area (Å²) in [5.41, 5.74) is 2.99. The van der Waals surface area contributed by atoms with E-state index in [-0.39, 0.29) is 17.5 Å². The van der Waals surface area contributed by atoms with E-state index in [0.29, 0.717) is 42.9 Å². The standard InChI is InChI=1S/C30H31ClN4O2.CH2O/c31-24-14-12-22(13-15-24)19-28-26-10-4-5-11-27(26)30(37)35(33-28)21-25-9-6-17-34(25)18-16-29(36)32-20-23-7-2-1-3-8-23;1-2/h1-5,7-8,10-15,25H,6,9,16-21H2,(H,32,36);1H2. The molecule has 1 unspecified atom stereocenters. The molecule has 4 aromatic rings. The van der Waals surface area contributed by atoms with E-state index in [1.54, 1.807) is 4.68 Å². The van der Waals surface area contributed by atoms with Gasteiger partial charge in [0.15, 0.2) is 0 Å². The van der Waals surface area contributed by atoms with Crippen LogP contribution in [0.1, 0.15) is 36.1 Å². The van der Waals surface area contributed by atoms with Gasteiger partial charge in [-0.05, 0) is 48.7 Å². The molecule has 0 aliphatic carbocycles. The fourth-order valence-corrected chi connectivity index (χ4v) is 5.21. The third kappa shape index (κ3) is 7.40. The summed E-state index contributed by atoms with van der Waals surface area (Å²) in [7, 11) is 0. The minimum Gasteiger partial charge on any atom is -0.352 e. The number of hydrogen-bond acceptors (Lipinski definition) is 5. The number of aromatic nitrogens is 2. The van der Waals surface area contributed by atoms with Gasteiger partial charge in [0.1, 0.15) is 6.79 Å². The van der Waals surface area contributed by atoms with Crippen LogP contribution in [0, 0.1) is 0 Å². The SMILES string of the molecule is C=O.O=C(CCN1CCCC1Cn1nc(Cc2ccc(Cl)cc2)c2ccccc2c1=O)NCc1ccccc1. The number of benzene rings is 3. The van der Waals surface area contributed by atoms with Crippen LogP contribution in [-0.2, 0) is 29.1 Å². The van der Waals surface area contributed by atoms with E-state index in [2.05, 4.69) is 10.2 Å². The Morgan fingerprint density at radius 2 is 1.64 bits per heavy atom. The summed E-state index contributed by atoms with van der Waals surface area (Å²) < 4.78 is 1.63. The summed E-state index contributed by atoms with van der Waals surface area (Å²) in [6.45, 7) is 4.65. The number of fused-ring (bicyclic) bond motifs is 1. The minimum atomic E-state index is -0.0667. The summed E-state index contributed by atoms with van der Waals surface area (Å²) in [5, 5.41) is 10.1. The first-order valence-electron chi connectivity index (χ1n) is 13.1. The quantitative estimate of drug-likeness (QED) is 0.332. The van der Waals surface area contributed by atoms with Gasteiger partial charge in [0.2, 0.25) is 5.91 Å². The maximum atomic E-state index is 13.4. The Balaban J connectivity index is 0.00000172. The topological polar surface area (TPSA) is 84.3 Å². The predicted octanol–water partition coefficient (Wildman–Crippen LogP) is 4.63. The van der Waals surface area contributed by atoms with Crippen LogP contribution < -0.4 is 10.9 Å². The maximum absolute atomic E-state index is 13.4. The molecule has 5 rings (SSSR count). The molecule has 7 nitrogen and oxygen atoms in total. The van der Waals surface area contributed by atoms with Gasteiger partial charge in [0.25, 0.3) is 5.56 Å². The second-order valence-electron chi connectivity index (χ2n) is 9.63. The normalized spacial score (nSPS) is 15.1. The predicted molar refractivity (Wildman–Crippen MR) is 155 cm³/mol. The first-order valence-corrected chi connectivity index (χ1v) is 13.5. The number of nitrogens with zero attached hydrogens (tertiary/aromatic N) is 3. The summed E-state index contributed by atoms with van der Waals surface area (Å²) in [5.74, 6) is 0.0424. The van der Waals surface area contributed by atoms with E-state index >= 15 is 0 Å². The van der Waals surface area contributed by atoms with Crippen molar-refractivity contribution in [1.82, 2.24) is 20.0 Å². The molecule has 0 bridgehead atoms. The molecule has 2 heterocycles. The Hall–Kier alpha value is -3.81. The van der Waals surface area contributed by atoms with Gasteiger partial charge >= 0.3 is 0 Å². The van der Waals surface area contributed by atoms with Crippen LogP contribution >= 0.6 is 11.6 Å². The summed E-state index contributed by atoms with van der Waals surface area (Å²) in [6.07, 6.45) is 3.09. The van der Waals surface area contributed by atoms with E-state index in [4.69, 9.17) is 21.5 Å². The molecule has 8 heteroatoms. The molecule has 1 saturated heterocycles. The third-order valence-corrected chi connectivity index (χ3v) is 7.32. The fourth-order valence-electron chi connectivity index (χ4n) is 5.08. The zero-order valence-corrected chi connectivity index (χ0v) is 22.6. The molecular weight excluding hydrogens is 512 g/mol. The lowest BCUT2D eigenvalue weighted by atomic mass is 10.0. The molecule has 1 atom stereocenters. The lowest BCUT2D eigenvalue weighted by Gasteiger charge is -2.25. The molecule has 0 saturated carbocycles. The van der Waals surface area contributed by atoms with E-state index in [1.807, 2.05) is 85.7 Å². The van der Waals surface area contributed by atoms with Crippen LogP contribution in [0.2, 0.25) is 5.02 Å². The Morgan fingerprint density at radius 3 is 2.38 bits per heavy atom. The first-order chi connectivity index (χ1) is 19.1. The van der Waals surface area contributed by atoms with Crippen LogP contribution in [0.15, 0.2) is 83.7 Å². The number of nitrogens with one attached hydrogen (secondary N) is 1. The van der Waals surface area contributed by atoms with E-state index in [9.17, 15) is 9.59 Å². The molecule has 1 fully saturated rings. The molecule has 3 aromatic carbocycles. The highest BCUT2D eigenvalue weighted by Gasteiger charge is 2.26. The average molecular weight is 545 g/mol. The second-order valence-corrected chi connectivity index (χ2v) is 10.1. The smallest absolute Gasteiger partial charge is 0.274 e. The monoisotopic (exact) mass is 544 g/mol. The molecule has 39 heavy (non-hydrogen) atoms. The minimum absolute atomic E-state index is 0.0424. The first kappa shape index (κ1) is 28.2. The van der Waals surface area contributed by atoms with Crippen molar-refractivity contribution in [3.63, 3.8) is 0 Å². The average Bonchev–Trinajstić information content (AvgIpc) is 3.43. The molecule has 1 aromatic heterocycles. The Labute approximate surface area is 233 Å².